The van der Waals surface area contributed by atoms with E-state index in [1.165, 1.54) is 19.5 Å². The van der Waals surface area contributed by atoms with Crippen LogP contribution in [0.5, 0.6) is 0 Å². The van der Waals surface area contributed by atoms with Crippen molar-refractivity contribution < 1.29 is 0 Å². The van der Waals surface area contributed by atoms with Crippen LogP contribution in [-0.4, -0.2) is 62.2 Å². The first-order valence-corrected chi connectivity index (χ1v) is 6.74. The monoisotopic (exact) mass is 237 g/mol. The standard InChI is InChI=1S/C14H27N3/c1-5-8-13(15-9-6-2)14-12-16(3)10-7-11-17(14)4/h1,13-15H,6-12H2,2-4H3. The molecule has 0 spiro atoms. The fraction of sp³-hybridized carbons (Fsp3) is 0.857. The second-order valence-electron chi connectivity index (χ2n) is 5.13. The molecule has 1 N–H and O–H groups in total. The van der Waals surface area contributed by atoms with Gasteiger partial charge in [0.25, 0.3) is 0 Å². The molecule has 1 aliphatic heterocycles. The maximum atomic E-state index is 5.50. The van der Waals surface area contributed by atoms with Crippen molar-refractivity contribution in [3.05, 3.63) is 0 Å². The molecule has 1 fully saturated rings. The SMILES string of the molecule is C#CCC(NCCC)C1CN(C)CCCN1C. The van der Waals surface area contributed by atoms with Gasteiger partial charge in [-0.25, -0.2) is 0 Å². The molecule has 2 atom stereocenters. The predicted octanol–water partition coefficient (Wildman–Crippen LogP) is 1.01. The van der Waals surface area contributed by atoms with Gasteiger partial charge >= 0.3 is 0 Å². The van der Waals surface area contributed by atoms with E-state index >= 15 is 0 Å². The molecule has 0 radical (unpaired) electrons. The molecule has 0 bridgehead atoms. The Hall–Kier alpha value is -0.560. The van der Waals surface area contributed by atoms with E-state index in [1.54, 1.807) is 0 Å². The molecule has 0 aliphatic carbocycles. The maximum absolute atomic E-state index is 5.50. The van der Waals surface area contributed by atoms with Crippen LogP contribution in [0.4, 0.5) is 0 Å². The first kappa shape index (κ1) is 14.5. The Kier molecular flexibility index (Phi) is 6.57. The highest BCUT2D eigenvalue weighted by atomic mass is 15.2. The minimum Gasteiger partial charge on any atom is -0.311 e. The Morgan fingerprint density at radius 2 is 2.18 bits per heavy atom. The Bertz CT molecular complexity index is 246. The number of nitrogens with one attached hydrogen (secondary N) is 1. The Balaban J connectivity index is 2.64. The van der Waals surface area contributed by atoms with Gasteiger partial charge in [0.15, 0.2) is 0 Å². The first-order valence-electron chi connectivity index (χ1n) is 6.74. The summed E-state index contributed by atoms with van der Waals surface area (Å²) in [5, 5.41) is 3.61. The summed E-state index contributed by atoms with van der Waals surface area (Å²) in [7, 11) is 4.43. The van der Waals surface area contributed by atoms with Crippen LogP contribution in [0.15, 0.2) is 0 Å². The van der Waals surface area contributed by atoms with E-state index in [9.17, 15) is 0 Å². The predicted molar refractivity (Wildman–Crippen MR) is 74.1 cm³/mol. The number of hydrogen-bond acceptors (Lipinski definition) is 3. The summed E-state index contributed by atoms with van der Waals surface area (Å²) < 4.78 is 0. The van der Waals surface area contributed by atoms with E-state index in [4.69, 9.17) is 6.42 Å². The molecule has 17 heavy (non-hydrogen) atoms. The fourth-order valence-electron chi connectivity index (χ4n) is 2.54. The number of rotatable bonds is 5. The van der Waals surface area contributed by atoms with Gasteiger partial charge in [0.2, 0.25) is 0 Å². The molecule has 1 heterocycles. The van der Waals surface area contributed by atoms with Crippen LogP contribution < -0.4 is 5.32 Å². The molecule has 3 nitrogen and oxygen atoms in total. The van der Waals surface area contributed by atoms with E-state index in [0.717, 1.165) is 25.9 Å². The summed E-state index contributed by atoms with van der Waals surface area (Å²) >= 11 is 0. The minimum absolute atomic E-state index is 0.422. The molecular weight excluding hydrogens is 210 g/mol. The molecule has 1 saturated heterocycles. The number of likely N-dealkylation sites (N-methyl/N-ethyl adjacent to an activating group) is 2. The van der Waals surface area contributed by atoms with Crippen LogP contribution in [0.3, 0.4) is 0 Å². The highest BCUT2D eigenvalue weighted by Crippen LogP contribution is 2.12. The van der Waals surface area contributed by atoms with Crippen LogP contribution in [-0.2, 0) is 0 Å². The van der Waals surface area contributed by atoms with E-state index in [-0.39, 0.29) is 0 Å². The van der Waals surface area contributed by atoms with Crippen LogP contribution in [0.25, 0.3) is 0 Å². The maximum Gasteiger partial charge on any atom is 0.0382 e. The van der Waals surface area contributed by atoms with Crippen molar-refractivity contribution in [3.63, 3.8) is 0 Å². The van der Waals surface area contributed by atoms with Crippen molar-refractivity contribution in [2.75, 3.05) is 40.3 Å². The van der Waals surface area contributed by atoms with Crippen LogP contribution in [0, 0.1) is 12.3 Å². The first-order chi connectivity index (χ1) is 8.19. The molecule has 1 rings (SSSR count). The molecule has 3 heteroatoms. The lowest BCUT2D eigenvalue weighted by Crippen LogP contribution is -2.52. The molecular formula is C14H27N3. The van der Waals surface area contributed by atoms with Crippen LogP contribution in [0.1, 0.15) is 26.2 Å². The van der Waals surface area contributed by atoms with Gasteiger partial charge in [0.05, 0.1) is 0 Å². The highest BCUT2D eigenvalue weighted by Gasteiger charge is 2.27. The topological polar surface area (TPSA) is 18.5 Å². The van der Waals surface area contributed by atoms with Gasteiger partial charge in [-0.3, -0.25) is 0 Å². The van der Waals surface area contributed by atoms with E-state index in [1.807, 2.05) is 0 Å². The van der Waals surface area contributed by atoms with Gasteiger partial charge in [-0.2, -0.15) is 0 Å². The third-order valence-electron chi connectivity index (χ3n) is 3.57. The average Bonchev–Trinajstić information content (AvgIpc) is 2.47. The molecule has 1 aliphatic rings. The Labute approximate surface area is 107 Å². The zero-order chi connectivity index (χ0) is 12.7. The van der Waals surface area contributed by atoms with Crippen molar-refractivity contribution in [3.8, 4) is 12.3 Å². The van der Waals surface area contributed by atoms with Gasteiger partial charge in [0.1, 0.15) is 0 Å². The van der Waals surface area contributed by atoms with Crippen molar-refractivity contribution >= 4 is 0 Å². The van der Waals surface area contributed by atoms with Crippen LogP contribution >= 0.6 is 0 Å². The summed E-state index contributed by atoms with van der Waals surface area (Å²) in [6.45, 7) is 6.73. The van der Waals surface area contributed by atoms with Crippen molar-refractivity contribution in [1.82, 2.24) is 15.1 Å². The summed E-state index contributed by atoms with van der Waals surface area (Å²) in [6.07, 6.45) is 8.74. The van der Waals surface area contributed by atoms with Crippen LogP contribution in [0.2, 0.25) is 0 Å². The quantitative estimate of drug-likeness (QED) is 0.720. The Morgan fingerprint density at radius 1 is 1.41 bits per heavy atom. The van der Waals surface area contributed by atoms with E-state index in [0.29, 0.717) is 12.1 Å². The fourth-order valence-corrected chi connectivity index (χ4v) is 2.54. The molecule has 2 unspecified atom stereocenters. The largest absolute Gasteiger partial charge is 0.311 e. The van der Waals surface area contributed by atoms with Gasteiger partial charge in [-0.1, -0.05) is 6.92 Å². The lowest BCUT2D eigenvalue weighted by Gasteiger charge is -2.34. The molecule has 98 valence electrons. The number of terminal acetylenes is 1. The summed E-state index contributed by atoms with van der Waals surface area (Å²) in [5.41, 5.74) is 0. The van der Waals surface area contributed by atoms with E-state index in [2.05, 4.69) is 42.1 Å². The molecule has 0 saturated carbocycles. The van der Waals surface area contributed by atoms with Crippen molar-refractivity contribution in [2.24, 2.45) is 0 Å². The Morgan fingerprint density at radius 3 is 2.82 bits per heavy atom. The van der Waals surface area contributed by atoms with Crippen molar-refractivity contribution in [1.29, 1.82) is 0 Å². The van der Waals surface area contributed by atoms with Gasteiger partial charge < -0.3 is 15.1 Å². The number of hydrogen-bond donors (Lipinski definition) is 1. The summed E-state index contributed by atoms with van der Waals surface area (Å²) in [4.78, 5) is 4.89. The van der Waals surface area contributed by atoms with Crippen molar-refractivity contribution in [2.45, 2.75) is 38.3 Å². The third kappa shape index (κ3) is 4.67. The lowest BCUT2D eigenvalue weighted by atomic mass is 10.0. The van der Waals surface area contributed by atoms with Gasteiger partial charge in [0, 0.05) is 25.0 Å². The summed E-state index contributed by atoms with van der Waals surface area (Å²) in [6, 6.07) is 0.954. The third-order valence-corrected chi connectivity index (χ3v) is 3.57. The molecule has 0 aromatic rings. The molecule has 0 amide bonds. The lowest BCUT2D eigenvalue weighted by molar-refractivity contribution is 0.179. The minimum atomic E-state index is 0.422. The van der Waals surface area contributed by atoms with Gasteiger partial charge in [-0.15, -0.1) is 12.3 Å². The normalized spacial score (nSPS) is 25.2. The molecule has 0 aromatic carbocycles. The van der Waals surface area contributed by atoms with E-state index < -0.39 is 0 Å². The second kappa shape index (κ2) is 7.71. The van der Waals surface area contributed by atoms with Gasteiger partial charge in [-0.05, 0) is 46.6 Å². The number of nitrogens with zero attached hydrogens (tertiary/aromatic N) is 2. The summed E-state index contributed by atoms with van der Waals surface area (Å²) in [5.74, 6) is 2.82. The smallest absolute Gasteiger partial charge is 0.0382 e. The molecule has 0 aromatic heterocycles. The second-order valence-corrected chi connectivity index (χ2v) is 5.13. The highest BCUT2D eigenvalue weighted by molar-refractivity contribution is 4.97. The average molecular weight is 237 g/mol. The zero-order valence-electron chi connectivity index (χ0n) is 11.6. The zero-order valence-corrected chi connectivity index (χ0v) is 11.6.